The first kappa shape index (κ1) is 12.6. The molecule has 2 heterocycles. The fourth-order valence-electron chi connectivity index (χ4n) is 1.90. The van der Waals surface area contributed by atoms with Crippen molar-refractivity contribution in [2.24, 2.45) is 0 Å². The van der Waals surface area contributed by atoms with Crippen LogP contribution in [-0.2, 0) is 0 Å². The lowest BCUT2D eigenvalue weighted by Crippen LogP contribution is -2.01. The number of hydrogen-bond acceptors (Lipinski definition) is 4. The monoisotopic (exact) mass is 288 g/mol. The van der Waals surface area contributed by atoms with Crippen LogP contribution < -0.4 is 5.32 Å². The summed E-state index contributed by atoms with van der Waals surface area (Å²) in [6, 6.07) is 7.72. The van der Waals surface area contributed by atoms with Crippen LogP contribution in [0.2, 0.25) is 0 Å². The normalized spacial score (nSPS) is 10.7. The number of aromatic nitrogens is 1. The molecule has 0 saturated heterocycles. The van der Waals surface area contributed by atoms with Gasteiger partial charge in [-0.05, 0) is 35.7 Å². The van der Waals surface area contributed by atoms with Crippen LogP contribution >= 0.6 is 11.3 Å². The maximum absolute atomic E-state index is 13.6. The minimum Gasteiger partial charge on any atom is -0.478 e. The number of anilines is 2. The summed E-state index contributed by atoms with van der Waals surface area (Å²) in [6.07, 6.45) is 1.67. The minimum absolute atomic E-state index is 0.350. The molecule has 0 bridgehead atoms. The quantitative estimate of drug-likeness (QED) is 0.767. The molecule has 0 unspecified atom stereocenters. The molecule has 0 atom stereocenters. The van der Waals surface area contributed by atoms with Gasteiger partial charge in [0, 0.05) is 22.0 Å². The van der Waals surface area contributed by atoms with Crippen molar-refractivity contribution in [3.05, 3.63) is 53.3 Å². The van der Waals surface area contributed by atoms with Gasteiger partial charge in [-0.1, -0.05) is 0 Å². The number of halogens is 1. The fraction of sp³-hybridized carbons (Fsp3) is 0. The number of carboxylic acid groups (broad SMARTS) is 1. The van der Waals surface area contributed by atoms with Crippen LogP contribution in [0, 0.1) is 5.82 Å². The number of hydrogen-bond donors (Lipinski definition) is 2. The van der Waals surface area contributed by atoms with Crippen LogP contribution in [-0.4, -0.2) is 16.1 Å². The molecule has 4 nitrogen and oxygen atoms in total. The van der Waals surface area contributed by atoms with Gasteiger partial charge < -0.3 is 10.4 Å². The number of aromatic carboxylic acids is 1. The van der Waals surface area contributed by atoms with Gasteiger partial charge in [0.1, 0.15) is 11.6 Å². The molecule has 0 saturated carbocycles. The zero-order chi connectivity index (χ0) is 14.1. The van der Waals surface area contributed by atoms with E-state index in [0.717, 1.165) is 16.2 Å². The highest BCUT2D eigenvalue weighted by Crippen LogP contribution is 2.28. The second-order valence-corrected chi connectivity index (χ2v) is 5.06. The Kier molecular flexibility index (Phi) is 3.08. The molecule has 0 aliphatic heterocycles. The fourth-order valence-corrected chi connectivity index (χ4v) is 2.68. The highest BCUT2D eigenvalue weighted by atomic mass is 32.1. The maximum atomic E-state index is 13.6. The van der Waals surface area contributed by atoms with E-state index in [1.165, 1.54) is 12.1 Å². The van der Waals surface area contributed by atoms with Crippen molar-refractivity contribution >= 4 is 38.9 Å². The van der Waals surface area contributed by atoms with Gasteiger partial charge in [-0.3, -0.25) is 0 Å². The second-order valence-electron chi connectivity index (χ2n) is 4.12. The summed E-state index contributed by atoms with van der Waals surface area (Å²) in [4.78, 5) is 15.0. The molecule has 2 N–H and O–H groups in total. The third-order valence-electron chi connectivity index (χ3n) is 2.84. The van der Waals surface area contributed by atoms with Crippen molar-refractivity contribution in [3.63, 3.8) is 0 Å². The Hall–Kier alpha value is -2.47. The lowest BCUT2D eigenvalue weighted by Gasteiger charge is -2.07. The molecule has 0 spiro atoms. The summed E-state index contributed by atoms with van der Waals surface area (Å²) in [7, 11) is 0. The van der Waals surface area contributed by atoms with Gasteiger partial charge in [0.25, 0.3) is 0 Å². The highest BCUT2D eigenvalue weighted by Gasteiger charge is 2.11. The van der Waals surface area contributed by atoms with Crippen LogP contribution in [0.1, 0.15) is 10.4 Å². The molecule has 1 aromatic carbocycles. The van der Waals surface area contributed by atoms with E-state index in [2.05, 4.69) is 10.3 Å². The summed E-state index contributed by atoms with van der Waals surface area (Å²) in [5, 5.41) is 14.7. The van der Waals surface area contributed by atoms with Gasteiger partial charge >= 0.3 is 5.97 Å². The average molecular weight is 288 g/mol. The minimum atomic E-state index is -1.29. The van der Waals surface area contributed by atoms with Crippen LogP contribution in [0.15, 0.2) is 41.9 Å². The molecular weight excluding hydrogens is 279 g/mol. The predicted molar refractivity (Wildman–Crippen MR) is 76.3 cm³/mol. The number of thiophene rings is 1. The van der Waals surface area contributed by atoms with Crippen molar-refractivity contribution < 1.29 is 14.3 Å². The van der Waals surface area contributed by atoms with Crippen molar-refractivity contribution in [1.29, 1.82) is 0 Å². The van der Waals surface area contributed by atoms with E-state index >= 15 is 0 Å². The highest BCUT2D eigenvalue weighted by molar-refractivity contribution is 7.17. The van der Waals surface area contributed by atoms with E-state index < -0.39 is 11.8 Å². The maximum Gasteiger partial charge on any atom is 0.338 e. The van der Waals surface area contributed by atoms with Crippen molar-refractivity contribution in [2.45, 2.75) is 0 Å². The number of fused-ring (bicyclic) bond motifs is 1. The SMILES string of the molecule is O=C(O)c1ccc(Nc2nccc3sccc23)cc1F. The lowest BCUT2D eigenvalue weighted by atomic mass is 10.2. The first-order chi connectivity index (χ1) is 9.65. The third-order valence-corrected chi connectivity index (χ3v) is 3.72. The van der Waals surface area contributed by atoms with Crippen LogP contribution in [0.5, 0.6) is 0 Å². The molecule has 0 aliphatic rings. The van der Waals surface area contributed by atoms with Crippen molar-refractivity contribution in [2.75, 3.05) is 5.32 Å². The zero-order valence-electron chi connectivity index (χ0n) is 10.1. The van der Waals surface area contributed by atoms with Crippen molar-refractivity contribution in [3.8, 4) is 0 Å². The third kappa shape index (κ3) is 2.21. The van der Waals surface area contributed by atoms with Crippen LogP contribution in [0.3, 0.4) is 0 Å². The Bertz CT molecular complexity index is 801. The van der Waals surface area contributed by atoms with Gasteiger partial charge in [0.2, 0.25) is 0 Å². The molecule has 0 fully saturated rings. The first-order valence-electron chi connectivity index (χ1n) is 5.77. The van der Waals surface area contributed by atoms with Crippen LogP contribution in [0.4, 0.5) is 15.9 Å². The Morgan fingerprint density at radius 1 is 1.30 bits per heavy atom. The molecule has 3 aromatic rings. The van der Waals surface area contributed by atoms with E-state index in [4.69, 9.17) is 5.11 Å². The summed E-state index contributed by atoms with van der Waals surface area (Å²) < 4.78 is 14.7. The van der Waals surface area contributed by atoms with Crippen LogP contribution in [0.25, 0.3) is 10.1 Å². The predicted octanol–water partition coefficient (Wildman–Crippen LogP) is 3.88. The smallest absolute Gasteiger partial charge is 0.338 e. The van der Waals surface area contributed by atoms with Gasteiger partial charge in [0.05, 0.1) is 5.56 Å². The molecule has 0 aliphatic carbocycles. The molecule has 6 heteroatoms. The van der Waals surface area contributed by atoms with E-state index in [9.17, 15) is 9.18 Å². The number of rotatable bonds is 3. The summed E-state index contributed by atoms with van der Waals surface area (Å²) in [5.74, 6) is -1.45. The Morgan fingerprint density at radius 3 is 2.90 bits per heavy atom. The second kappa shape index (κ2) is 4.90. The molecule has 0 radical (unpaired) electrons. The molecule has 3 rings (SSSR count). The average Bonchev–Trinajstić information content (AvgIpc) is 2.87. The number of benzene rings is 1. The molecule has 20 heavy (non-hydrogen) atoms. The lowest BCUT2D eigenvalue weighted by molar-refractivity contribution is 0.0692. The van der Waals surface area contributed by atoms with Gasteiger partial charge in [-0.2, -0.15) is 0 Å². The molecular formula is C14H9FN2O2S. The number of pyridine rings is 1. The molecule has 0 amide bonds. The largest absolute Gasteiger partial charge is 0.478 e. The topological polar surface area (TPSA) is 62.2 Å². The van der Waals surface area contributed by atoms with E-state index in [1.54, 1.807) is 17.5 Å². The van der Waals surface area contributed by atoms with E-state index in [1.807, 2.05) is 17.5 Å². The standard InChI is InChI=1S/C14H9FN2O2S/c15-11-7-8(1-2-9(11)14(18)19)17-13-10-4-6-20-12(10)3-5-16-13/h1-7H,(H,16,17)(H,18,19). The van der Waals surface area contributed by atoms with Gasteiger partial charge in [0.15, 0.2) is 0 Å². The molecule has 100 valence electrons. The van der Waals surface area contributed by atoms with Gasteiger partial charge in [-0.25, -0.2) is 14.2 Å². The Morgan fingerprint density at radius 2 is 2.15 bits per heavy atom. The summed E-state index contributed by atoms with van der Waals surface area (Å²) >= 11 is 1.59. The molecule has 2 aromatic heterocycles. The number of carboxylic acids is 1. The first-order valence-corrected chi connectivity index (χ1v) is 6.65. The number of carbonyl (C=O) groups is 1. The number of nitrogens with one attached hydrogen (secondary N) is 1. The summed E-state index contributed by atoms with van der Waals surface area (Å²) in [5.41, 5.74) is 0.107. The van der Waals surface area contributed by atoms with E-state index in [-0.39, 0.29) is 5.56 Å². The van der Waals surface area contributed by atoms with Gasteiger partial charge in [-0.15, -0.1) is 11.3 Å². The Labute approximate surface area is 117 Å². The number of nitrogens with zero attached hydrogens (tertiary/aromatic N) is 1. The Balaban J connectivity index is 1.97. The summed E-state index contributed by atoms with van der Waals surface area (Å²) in [6.45, 7) is 0. The van der Waals surface area contributed by atoms with Crippen molar-refractivity contribution in [1.82, 2.24) is 4.98 Å². The zero-order valence-corrected chi connectivity index (χ0v) is 10.9. The van der Waals surface area contributed by atoms with E-state index in [0.29, 0.717) is 11.5 Å².